The maximum Gasteiger partial charge on any atom is 0.421 e. The van der Waals surface area contributed by atoms with Crippen LogP contribution >= 0.6 is 23.2 Å². The van der Waals surface area contributed by atoms with Gasteiger partial charge in [-0.05, 0) is 43.9 Å². The van der Waals surface area contributed by atoms with E-state index in [1.54, 1.807) is 12.1 Å². The van der Waals surface area contributed by atoms with Gasteiger partial charge in [-0.3, -0.25) is 0 Å². The largest absolute Gasteiger partial charge is 0.421 e. The summed E-state index contributed by atoms with van der Waals surface area (Å²) in [6.45, 7) is 0. The Hall–Kier alpha value is -1.77. The normalized spacial score (nSPS) is 20.4. The van der Waals surface area contributed by atoms with E-state index in [1.807, 2.05) is 0 Å². The molecule has 0 saturated heterocycles. The van der Waals surface area contributed by atoms with E-state index in [9.17, 15) is 18.3 Å². The highest BCUT2D eigenvalue weighted by atomic mass is 35.5. The van der Waals surface area contributed by atoms with Crippen LogP contribution in [0.3, 0.4) is 0 Å². The van der Waals surface area contributed by atoms with Gasteiger partial charge in [0.1, 0.15) is 11.4 Å². The minimum atomic E-state index is -4.58. The topological polar surface area (TPSA) is 70.1 Å². The van der Waals surface area contributed by atoms with Gasteiger partial charge in [0.2, 0.25) is 5.95 Å². The molecule has 0 amide bonds. The Labute approximate surface area is 163 Å². The van der Waals surface area contributed by atoms with E-state index in [-0.39, 0.29) is 17.8 Å². The van der Waals surface area contributed by atoms with E-state index in [4.69, 9.17) is 23.2 Å². The summed E-state index contributed by atoms with van der Waals surface area (Å²) in [5.41, 5.74) is -0.441. The quantitative estimate of drug-likeness (QED) is 0.628. The molecule has 0 bridgehead atoms. The summed E-state index contributed by atoms with van der Waals surface area (Å²) in [4.78, 5) is 7.77. The van der Waals surface area contributed by atoms with E-state index in [1.165, 1.54) is 6.07 Å². The highest BCUT2D eigenvalue weighted by molar-refractivity contribution is 6.42. The zero-order valence-electron chi connectivity index (χ0n) is 14.0. The Bertz CT molecular complexity index is 811. The van der Waals surface area contributed by atoms with Crippen LogP contribution in [0.4, 0.5) is 30.6 Å². The first-order valence-electron chi connectivity index (χ1n) is 8.33. The van der Waals surface area contributed by atoms with Crippen LogP contribution in [0.15, 0.2) is 24.4 Å². The summed E-state index contributed by atoms with van der Waals surface area (Å²) < 4.78 is 39.9. The first-order valence-corrected chi connectivity index (χ1v) is 9.09. The van der Waals surface area contributed by atoms with Crippen LogP contribution in [0.2, 0.25) is 10.0 Å². The van der Waals surface area contributed by atoms with Crippen LogP contribution in [-0.2, 0) is 6.18 Å². The zero-order valence-corrected chi connectivity index (χ0v) is 15.5. The van der Waals surface area contributed by atoms with Crippen molar-refractivity contribution in [2.45, 2.75) is 44.0 Å². The molecule has 27 heavy (non-hydrogen) atoms. The van der Waals surface area contributed by atoms with Gasteiger partial charge in [-0.1, -0.05) is 23.2 Å². The molecule has 10 heteroatoms. The molecule has 1 aliphatic rings. The molecule has 1 aromatic carbocycles. The fourth-order valence-corrected chi connectivity index (χ4v) is 3.17. The van der Waals surface area contributed by atoms with Gasteiger partial charge >= 0.3 is 6.18 Å². The van der Waals surface area contributed by atoms with Crippen molar-refractivity contribution >= 4 is 40.7 Å². The predicted molar refractivity (Wildman–Crippen MR) is 98.7 cm³/mol. The molecule has 0 unspecified atom stereocenters. The van der Waals surface area contributed by atoms with Gasteiger partial charge in [-0.15, -0.1) is 0 Å². The van der Waals surface area contributed by atoms with Gasteiger partial charge in [0.05, 0.1) is 16.1 Å². The number of alkyl halides is 3. The molecule has 0 aliphatic heterocycles. The van der Waals surface area contributed by atoms with Gasteiger partial charge in [0.15, 0.2) is 0 Å². The smallest absolute Gasteiger partial charge is 0.393 e. The van der Waals surface area contributed by atoms with Crippen molar-refractivity contribution in [1.82, 2.24) is 9.97 Å². The standard InChI is InChI=1S/C17H17Cl2F3N4O/c18-13-6-3-10(7-14(13)19)25-16-23-8-12(17(20,21)22)15(26-16)24-9-1-4-11(27)5-2-9/h3,6-9,11,27H,1-2,4-5H2,(H2,23,24,25,26)/t9-,11+. The van der Waals surface area contributed by atoms with Gasteiger partial charge in [0, 0.05) is 17.9 Å². The minimum absolute atomic E-state index is 0.000247. The molecule has 1 heterocycles. The summed E-state index contributed by atoms with van der Waals surface area (Å²) in [5, 5.41) is 15.9. The Morgan fingerprint density at radius 1 is 1.07 bits per heavy atom. The number of rotatable bonds is 4. The maximum absolute atomic E-state index is 13.3. The lowest BCUT2D eigenvalue weighted by Crippen LogP contribution is -2.29. The summed E-state index contributed by atoms with van der Waals surface area (Å²) in [7, 11) is 0. The van der Waals surface area contributed by atoms with Gasteiger partial charge < -0.3 is 15.7 Å². The van der Waals surface area contributed by atoms with E-state index in [2.05, 4.69) is 20.6 Å². The first kappa shape index (κ1) is 20.0. The van der Waals surface area contributed by atoms with Crippen LogP contribution in [0.25, 0.3) is 0 Å². The van der Waals surface area contributed by atoms with E-state index in [0.717, 1.165) is 6.20 Å². The van der Waals surface area contributed by atoms with Crippen molar-refractivity contribution in [3.05, 3.63) is 40.0 Å². The monoisotopic (exact) mass is 420 g/mol. The Morgan fingerprint density at radius 3 is 2.41 bits per heavy atom. The number of aromatic nitrogens is 2. The molecule has 2 aromatic rings. The summed E-state index contributed by atoms with van der Waals surface area (Å²) in [6.07, 6.45) is -2.03. The lowest BCUT2D eigenvalue weighted by molar-refractivity contribution is -0.137. The van der Waals surface area contributed by atoms with Crippen LogP contribution in [0.5, 0.6) is 0 Å². The number of nitrogens with one attached hydrogen (secondary N) is 2. The first-order chi connectivity index (χ1) is 12.7. The Kier molecular flexibility index (Phi) is 5.98. The highest BCUT2D eigenvalue weighted by Crippen LogP contribution is 2.35. The SMILES string of the molecule is O[C@H]1CC[C@@H](Nc2nc(Nc3ccc(Cl)c(Cl)c3)ncc2C(F)(F)F)CC1. The number of benzene rings is 1. The molecule has 0 atom stereocenters. The Balaban J connectivity index is 1.84. The molecule has 0 spiro atoms. The zero-order chi connectivity index (χ0) is 19.6. The third-order valence-electron chi connectivity index (χ3n) is 4.31. The molecule has 5 nitrogen and oxygen atoms in total. The number of aliphatic hydroxyl groups is 1. The van der Waals surface area contributed by atoms with Crippen molar-refractivity contribution in [3.8, 4) is 0 Å². The van der Waals surface area contributed by atoms with Gasteiger partial charge in [-0.25, -0.2) is 4.98 Å². The number of hydrogen-bond donors (Lipinski definition) is 3. The third-order valence-corrected chi connectivity index (χ3v) is 5.05. The number of nitrogens with zero attached hydrogens (tertiary/aromatic N) is 2. The fraction of sp³-hybridized carbons (Fsp3) is 0.412. The van der Waals surface area contributed by atoms with Crippen LogP contribution in [-0.4, -0.2) is 27.2 Å². The Morgan fingerprint density at radius 2 is 1.78 bits per heavy atom. The molecular formula is C17H17Cl2F3N4O. The average molecular weight is 421 g/mol. The van der Waals surface area contributed by atoms with Crippen molar-refractivity contribution in [1.29, 1.82) is 0 Å². The second kappa shape index (κ2) is 8.08. The van der Waals surface area contributed by atoms with E-state index < -0.39 is 17.8 Å². The minimum Gasteiger partial charge on any atom is -0.393 e. The second-order valence-electron chi connectivity index (χ2n) is 6.36. The number of halogens is 5. The molecule has 3 N–H and O–H groups in total. The second-order valence-corrected chi connectivity index (χ2v) is 7.17. The van der Waals surface area contributed by atoms with Crippen molar-refractivity contribution < 1.29 is 18.3 Å². The number of anilines is 3. The average Bonchev–Trinajstić information content (AvgIpc) is 2.59. The number of aliphatic hydroxyl groups excluding tert-OH is 1. The fourth-order valence-electron chi connectivity index (χ4n) is 2.88. The molecule has 1 aliphatic carbocycles. The molecule has 1 saturated carbocycles. The molecule has 1 fully saturated rings. The van der Waals surface area contributed by atoms with Crippen molar-refractivity contribution in [2.75, 3.05) is 10.6 Å². The van der Waals surface area contributed by atoms with Gasteiger partial charge in [0.25, 0.3) is 0 Å². The summed E-state index contributed by atoms with van der Waals surface area (Å²) in [5.74, 6) is -0.291. The van der Waals surface area contributed by atoms with Crippen LogP contribution < -0.4 is 10.6 Å². The lowest BCUT2D eigenvalue weighted by atomic mass is 9.93. The van der Waals surface area contributed by atoms with Crippen LogP contribution in [0.1, 0.15) is 31.2 Å². The third kappa shape index (κ3) is 5.15. The van der Waals surface area contributed by atoms with E-state index >= 15 is 0 Å². The predicted octanol–water partition coefficient (Wildman–Crippen LogP) is 5.26. The maximum atomic E-state index is 13.3. The highest BCUT2D eigenvalue weighted by Gasteiger charge is 2.36. The van der Waals surface area contributed by atoms with Crippen molar-refractivity contribution in [3.63, 3.8) is 0 Å². The van der Waals surface area contributed by atoms with E-state index in [0.29, 0.717) is 41.4 Å². The molecule has 3 rings (SSSR count). The van der Waals surface area contributed by atoms with Crippen LogP contribution in [0, 0.1) is 0 Å². The summed E-state index contributed by atoms with van der Waals surface area (Å²) in [6, 6.07) is 4.51. The van der Waals surface area contributed by atoms with Gasteiger partial charge in [-0.2, -0.15) is 18.2 Å². The summed E-state index contributed by atoms with van der Waals surface area (Å²) >= 11 is 11.8. The molecular weight excluding hydrogens is 404 g/mol. The van der Waals surface area contributed by atoms with Crippen molar-refractivity contribution in [2.24, 2.45) is 0 Å². The molecule has 146 valence electrons. The lowest BCUT2D eigenvalue weighted by Gasteiger charge is -2.27. The number of hydrogen-bond acceptors (Lipinski definition) is 5. The molecule has 0 radical (unpaired) electrons. The molecule has 1 aromatic heterocycles.